The molecule has 2 atom stereocenters. The predicted molar refractivity (Wildman–Crippen MR) is 85.3 cm³/mol. The predicted octanol–water partition coefficient (Wildman–Crippen LogP) is 3.22. The van der Waals surface area contributed by atoms with Gasteiger partial charge in [0.05, 0.1) is 6.61 Å². The van der Waals surface area contributed by atoms with Crippen LogP contribution in [0, 0.1) is 5.92 Å². The molecular weight excluding hydrogens is 248 g/mol. The molecule has 2 unspecified atom stereocenters. The summed E-state index contributed by atoms with van der Waals surface area (Å²) in [7, 11) is 2.20. The number of ether oxygens (including phenoxy) is 1. The van der Waals surface area contributed by atoms with Crippen LogP contribution >= 0.6 is 0 Å². The summed E-state index contributed by atoms with van der Waals surface area (Å²) < 4.78 is 5.60. The smallest absolute Gasteiger partial charge is 0.0511 e. The number of benzene rings is 1. The normalized spacial score (nSPS) is 20.6. The minimum Gasteiger partial charge on any atom is -0.381 e. The fourth-order valence-electron chi connectivity index (χ4n) is 3.05. The molecule has 1 aromatic rings. The highest BCUT2D eigenvalue weighted by Gasteiger charge is 2.18. The van der Waals surface area contributed by atoms with Gasteiger partial charge in [-0.05, 0) is 43.9 Å². The molecular formula is C17H28N2O. The minimum atomic E-state index is 0.390. The van der Waals surface area contributed by atoms with Crippen LogP contribution in [0.4, 0.5) is 5.69 Å². The highest BCUT2D eigenvalue weighted by molar-refractivity contribution is 5.54. The Kier molecular flexibility index (Phi) is 5.86. The number of para-hydroxylation sites is 1. The van der Waals surface area contributed by atoms with Crippen molar-refractivity contribution in [1.29, 1.82) is 0 Å². The third-order valence-corrected chi connectivity index (χ3v) is 4.11. The van der Waals surface area contributed by atoms with Crippen molar-refractivity contribution in [2.24, 2.45) is 5.92 Å². The molecule has 1 fully saturated rings. The molecule has 20 heavy (non-hydrogen) atoms. The van der Waals surface area contributed by atoms with E-state index in [1.54, 1.807) is 0 Å². The van der Waals surface area contributed by atoms with Crippen molar-refractivity contribution >= 4 is 5.69 Å². The average Bonchev–Trinajstić information content (AvgIpc) is 2.48. The zero-order valence-electron chi connectivity index (χ0n) is 13.1. The van der Waals surface area contributed by atoms with E-state index in [0.29, 0.717) is 12.0 Å². The second kappa shape index (κ2) is 7.65. The zero-order chi connectivity index (χ0) is 14.4. The first-order valence-corrected chi connectivity index (χ1v) is 7.83. The van der Waals surface area contributed by atoms with E-state index in [4.69, 9.17) is 4.74 Å². The molecule has 0 aliphatic carbocycles. The van der Waals surface area contributed by atoms with Crippen LogP contribution < -0.4 is 10.2 Å². The Labute approximate surface area is 123 Å². The van der Waals surface area contributed by atoms with E-state index < -0.39 is 0 Å². The molecule has 0 aromatic heterocycles. The summed E-state index contributed by atoms with van der Waals surface area (Å²) in [6, 6.07) is 9.11. The number of hydrogen-bond acceptors (Lipinski definition) is 3. The van der Waals surface area contributed by atoms with Crippen LogP contribution in [0.5, 0.6) is 0 Å². The Bertz CT molecular complexity index is 402. The fourth-order valence-corrected chi connectivity index (χ4v) is 3.05. The molecule has 0 saturated carbocycles. The van der Waals surface area contributed by atoms with Gasteiger partial charge in [0.15, 0.2) is 0 Å². The van der Waals surface area contributed by atoms with Crippen LogP contribution in [-0.2, 0) is 4.74 Å². The van der Waals surface area contributed by atoms with Crippen molar-refractivity contribution in [3.8, 4) is 0 Å². The number of rotatable bonds is 6. The van der Waals surface area contributed by atoms with Gasteiger partial charge in [-0.25, -0.2) is 0 Å². The second-order valence-electron chi connectivity index (χ2n) is 5.80. The quantitative estimate of drug-likeness (QED) is 0.863. The molecule has 1 aliphatic rings. The maximum atomic E-state index is 5.60. The molecule has 3 heteroatoms. The first-order valence-electron chi connectivity index (χ1n) is 7.83. The Morgan fingerprint density at radius 1 is 1.40 bits per heavy atom. The van der Waals surface area contributed by atoms with Gasteiger partial charge < -0.3 is 15.0 Å². The summed E-state index contributed by atoms with van der Waals surface area (Å²) in [4.78, 5) is 2.39. The van der Waals surface area contributed by atoms with Crippen molar-refractivity contribution in [3.05, 3.63) is 29.8 Å². The molecule has 1 N–H and O–H groups in total. The molecule has 0 spiro atoms. The Hall–Kier alpha value is -1.06. The van der Waals surface area contributed by atoms with Crippen molar-refractivity contribution in [2.45, 2.75) is 32.7 Å². The van der Waals surface area contributed by atoms with E-state index in [0.717, 1.165) is 26.3 Å². The van der Waals surface area contributed by atoms with Gasteiger partial charge in [0, 0.05) is 31.9 Å². The van der Waals surface area contributed by atoms with Gasteiger partial charge in [0.1, 0.15) is 0 Å². The first kappa shape index (κ1) is 15.3. The molecule has 1 aliphatic heterocycles. The van der Waals surface area contributed by atoms with Gasteiger partial charge in [-0.2, -0.15) is 0 Å². The van der Waals surface area contributed by atoms with E-state index in [1.165, 1.54) is 24.1 Å². The van der Waals surface area contributed by atoms with E-state index >= 15 is 0 Å². The SMILES string of the molecule is CCNC(C)c1ccccc1N(C)CC1CCCOC1. The van der Waals surface area contributed by atoms with Crippen molar-refractivity contribution in [1.82, 2.24) is 5.32 Å². The summed E-state index contributed by atoms with van der Waals surface area (Å²) in [5.41, 5.74) is 2.72. The van der Waals surface area contributed by atoms with Gasteiger partial charge in [0.25, 0.3) is 0 Å². The Morgan fingerprint density at radius 2 is 2.20 bits per heavy atom. The second-order valence-corrected chi connectivity index (χ2v) is 5.80. The molecule has 0 bridgehead atoms. The minimum absolute atomic E-state index is 0.390. The number of nitrogens with zero attached hydrogens (tertiary/aromatic N) is 1. The zero-order valence-corrected chi connectivity index (χ0v) is 13.1. The Balaban J connectivity index is 2.06. The molecule has 1 saturated heterocycles. The van der Waals surface area contributed by atoms with Crippen LogP contribution in [0.1, 0.15) is 38.3 Å². The van der Waals surface area contributed by atoms with Gasteiger partial charge in [-0.3, -0.25) is 0 Å². The van der Waals surface area contributed by atoms with Crippen LogP contribution in [0.2, 0.25) is 0 Å². The monoisotopic (exact) mass is 276 g/mol. The molecule has 0 amide bonds. The van der Waals surface area contributed by atoms with E-state index in [2.05, 4.69) is 55.4 Å². The van der Waals surface area contributed by atoms with E-state index in [-0.39, 0.29) is 0 Å². The summed E-state index contributed by atoms with van der Waals surface area (Å²) >= 11 is 0. The highest BCUT2D eigenvalue weighted by atomic mass is 16.5. The lowest BCUT2D eigenvalue weighted by Gasteiger charge is -2.30. The van der Waals surface area contributed by atoms with E-state index in [9.17, 15) is 0 Å². The molecule has 0 radical (unpaired) electrons. The molecule has 3 nitrogen and oxygen atoms in total. The van der Waals surface area contributed by atoms with Crippen LogP contribution in [0.25, 0.3) is 0 Å². The van der Waals surface area contributed by atoms with Crippen molar-refractivity contribution in [3.63, 3.8) is 0 Å². The third-order valence-electron chi connectivity index (χ3n) is 4.11. The fraction of sp³-hybridized carbons (Fsp3) is 0.647. The van der Waals surface area contributed by atoms with Gasteiger partial charge >= 0.3 is 0 Å². The number of nitrogens with one attached hydrogen (secondary N) is 1. The number of anilines is 1. The average molecular weight is 276 g/mol. The lowest BCUT2D eigenvalue weighted by Crippen LogP contribution is -2.32. The molecule has 112 valence electrons. The summed E-state index contributed by atoms with van der Waals surface area (Å²) in [6.07, 6.45) is 2.49. The standard InChI is InChI=1S/C17H28N2O/c1-4-18-14(2)16-9-5-6-10-17(16)19(3)12-15-8-7-11-20-13-15/h5-6,9-10,14-15,18H,4,7-8,11-13H2,1-3H3. The van der Waals surface area contributed by atoms with Crippen molar-refractivity contribution < 1.29 is 4.74 Å². The third kappa shape index (κ3) is 3.97. The maximum absolute atomic E-state index is 5.60. The van der Waals surface area contributed by atoms with Gasteiger partial charge in [-0.1, -0.05) is 25.1 Å². The highest BCUT2D eigenvalue weighted by Crippen LogP contribution is 2.27. The first-order chi connectivity index (χ1) is 9.72. The molecule has 1 heterocycles. The van der Waals surface area contributed by atoms with Crippen LogP contribution in [0.3, 0.4) is 0 Å². The topological polar surface area (TPSA) is 24.5 Å². The maximum Gasteiger partial charge on any atom is 0.0511 e. The largest absolute Gasteiger partial charge is 0.381 e. The van der Waals surface area contributed by atoms with Crippen LogP contribution in [-0.4, -0.2) is 33.4 Å². The van der Waals surface area contributed by atoms with Crippen LogP contribution in [0.15, 0.2) is 24.3 Å². The summed E-state index contributed by atoms with van der Waals surface area (Å²) in [5.74, 6) is 0.663. The molecule has 1 aromatic carbocycles. The van der Waals surface area contributed by atoms with Gasteiger partial charge in [-0.15, -0.1) is 0 Å². The van der Waals surface area contributed by atoms with Crippen molar-refractivity contribution in [2.75, 3.05) is 38.3 Å². The molecule has 2 rings (SSSR count). The summed E-state index contributed by atoms with van der Waals surface area (Å²) in [6.45, 7) is 8.32. The summed E-state index contributed by atoms with van der Waals surface area (Å²) in [5, 5.41) is 3.51. The number of hydrogen-bond donors (Lipinski definition) is 1. The van der Waals surface area contributed by atoms with Gasteiger partial charge in [0.2, 0.25) is 0 Å². The Morgan fingerprint density at radius 3 is 2.90 bits per heavy atom. The lowest BCUT2D eigenvalue weighted by molar-refractivity contribution is 0.0576. The van der Waals surface area contributed by atoms with E-state index in [1.807, 2.05) is 0 Å². The lowest BCUT2D eigenvalue weighted by atomic mass is 10.00.